The number of nitrogens with one attached hydrogen (secondary N) is 1. The highest BCUT2D eigenvalue weighted by molar-refractivity contribution is 5.91. The third-order valence-corrected chi connectivity index (χ3v) is 6.69. The van der Waals surface area contributed by atoms with Gasteiger partial charge < -0.3 is 24.4 Å². The van der Waals surface area contributed by atoms with Gasteiger partial charge in [0.15, 0.2) is 11.5 Å². The zero-order valence-corrected chi connectivity index (χ0v) is 21.6. The predicted octanol–water partition coefficient (Wildman–Crippen LogP) is 6.11. The number of carbonyl (C=O) groups is 1. The van der Waals surface area contributed by atoms with E-state index in [1.54, 1.807) is 7.11 Å². The quantitative estimate of drug-likeness (QED) is 0.460. The Labute approximate surface area is 209 Å². The number of nitrogens with zero attached hydrogens (tertiary/aromatic N) is 1. The summed E-state index contributed by atoms with van der Waals surface area (Å²) in [4.78, 5) is 15.1. The maximum absolute atomic E-state index is 12.8. The summed E-state index contributed by atoms with van der Waals surface area (Å²) < 4.78 is 17.7. The van der Waals surface area contributed by atoms with Crippen molar-refractivity contribution in [3.05, 3.63) is 48.0 Å². The lowest BCUT2D eigenvalue weighted by Crippen LogP contribution is -2.36. The van der Waals surface area contributed by atoms with Crippen molar-refractivity contribution in [2.75, 3.05) is 31.6 Å². The highest BCUT2D eigenvalue weighted by Crippen LogP contribution is 2.38. The monoisotopic (exact) mass is 480 g/mol. The van der Waals surface area contributed by atoms with Gasteiger partial charge in [0.1, 0.15) is 5.60 Å². The maximum Gasteiger partial charge on any atom is 0.338 e. The van der Waals surface area contributed by atoms with Crippen LogP contribution in [0.15, 0.2) is 42.5 Å². The molecule has 2 aromatic rings. The van der Waals surface area contributed by atoms with Crippen LogP contribution in [0.25, 0.3) is 0 Å². The fraction of sp³-hybridized carbons (Fsp3) is 0.552. The van der Waals surface area contributed by atoms with E-state index in [0.29, 0.717) is 11.5 Å². The zero-order chi connectivity index (χ0) is 24.8. The Balaban J connectivity index is 1.67. The molecule has 6 heteroatoms. The number of piperidine rings is 1. The SMILES string of the molecule is COc1ccc(N(CC2CCCNC2)c2cccc(C(=O)OC(C)(C)C)c2)cc1OC1CCCC1. The third-order valence-electron chi connectivity index (χ3n) is 6.69. The molecule has 1 saturated carbocycles. The Bertz CT molecular complexity index is 988. The Hall–Kier alpha value is -2.73. The average molecular weight is 481 g/mol. The molecule has 1 aliphatic heterocycles. The molecular weight excluding hydrogens is 440 g/mol. The van der Waals surface area contributed by atoms with Crippen molar-refractivity contribution in [3.8, 4) is 11.5 Å². The van der Waals surface area contributed by atoms with E-state index >= 15 is 0 Å². The van der Waals surface area contributed by atoms with Crippen LogP contribution in [-0.2, 0) is 4.74 Å². The Morgan fingerprint density at radius 2 is 1.77 bits per heavy atom. The van der Waals surface area contributed by atoms with Crippen molar-refractivity contribution in [3.63, 3.8) is 0 Å². The lowest BCUT2D eigenvalue weighted by molar-refractivity contribution is 0.00695. The fourth-order valence-electron chi connectivity index (χ4n) is 4.95. The molecule has 190 valence electrons. The molecule has 35 heavy (non-hydrogen) atoms. The Morgan fingerprint density at radius 3 is 2.46 bits per heavy atom. The third kappa shape index (κ3) is 6.91. The highest BCUT2D eigenvalue weighted by atomic mass is 16.6. The second-order valence-corrected chi connectivity index (χ2v) is 10.7. The van der Waals surface area contributed by atoms with Crippen LogP contribution in [0, 0.1) is 5.92 Å². The zero-order valence-electron chi connectivity index (χ0n) is 21.6. The Morgan fingerprint density at radius 1 is 1.00 bits per heavy atom. The first-order valence-corrected chi connectivity index (χ1v) is 13.0. The maximum atomic E-state index is 12.8. The first kappa shape index (κ1) is 25.4. The lowest BCUT2D eigenvalue weighted by atomic mass is 9.98. The standard InChI is InChI=1S/C29H40N2O4/c1-29(2,3)35-28(32)22-10-7-11-23(17-22)31(20-21-9-8-16-30-19-21)24-14-15-26(33-4)27(18-24)34-25-12-5-6-13-25/h7,10-11,14-15,17-18,21,25,30H,5-6,8-9,12-13,16,19-20H2,1-4H3. The van der Waals surface area contributed by atoms with Crippen LogP contribution in [0.5, 0.6) is 11.5 Å². The number of anilines is 2. The van der Waals surface area contributed by atoms with E-state index in [1.807, 2.05) is 45.0 Å². The van der Waals surface area contributed by atoms with Gasteiger partial charge in [0.05, 0.1) is 18.8 Å². The second-order valence-electron chi connectivity index (χ2n) is 10.7. The van der Waals surface area contributed by atoms with E-state index in [9.17, 15) is 4.79 Å². The van der Waals surface area contributed by atoms with Gasteiger partial charge in [-0.3, -0.25) is 0 Å². The lowest BCUT2D eigenvalue weighted by Gasteiger charge is -2.32. The summed E-state index contributed by atoms with van der Waals surface area (Å²) in [6, 6.07) is 13.9. The number of methoxy groups -OCH3 is 1. The molecule has 1 aliphatic carbocycles. The largest absolute Gasteiger partial charge is 0.493 e. The van der Waals surface area contributed by atoms with E-state index < -0.39 is 5.60 Å². The van der Waals surface area contributed by atoms with Gasteiger partial charge in [0.2, 0.25) is 0 Å². The second kappa shape index (κ2) is 11.3. The molecule has 1 saturated heterocycles. The van der Waals surface area contributed by atoms with Gasteiger partial charge >= 0.3 is 5.97 Å². The Kier molecular flexibility index (Phi) is 8.22. The minimum atomic E-state index is -0.539. The fourth-order valence-corrected chi connectivity index (χ4v) is 4.95. The molecule has 2 fully saturated rings. The summed E-state index contributed by atoms with van der Waals surface area (Å²) in [5, 5.41) is 3.53. The minimum Gasteiger partial charge on any atom is -0.493 e. The van der Waals surface area contributed by atoms with Crippen molar-refractivity contribution in [1.82, 2.24) is 5.32 Å². The minimum absolute atomic E-state index is 0.241. The number of carbonyl (C=O) groups excluding carboxylic acids is 1. The first-order valence-electron chi connectivity index (χ1n) is 13.0. The highest BCUT2D eigenvalue weighted by Gasteiger charge is 2.24. The van der Waals surface area contributed by atoms with E-state index in [4.69, 9.17) is 14.2 Å². The van der Waals surface area contributed by atoms with Gasteiger partial charge in [0, 0.05) is 24.0 Å². The predicted molar refractivity (Wildman–Crippen MR) is 140 cm³/mol. The smallest absolute Gasteiger partial charge is 0.338 e. The van der Waals surface area contributed by atoms with Gasteiger partial charge in [-0.05, 0) is 109 Å². The van der Waals surface area contributed by atoms with Gasteiger partial charge in [-0.2, -0.15) is 0 Å². The summed E-state index contributed by atoms with van der Waals surface area (Å²) >= 11 is 0. The summed E-state index contributed by atoms with van der Waals surface area (Å²) in [5.74, 6) is 1.74. The van der Waals surface area contributed by atoms with Gasteiger partial charge in [-0.25, -0.2) is 4.79 Å². The van der Waals surface area contributed by atoms with Crippen molar-refractivity contribution in [2.24, 2.45) is 5.92 Å². The summed E-state index contributed by atoms with van der Waals surface area (Å²) in [6.07, 6.45) is 7.19. The molecule has 1 atom stereocenters. The van der Waals surface area contributed by atoms with Crippen molar-refractivity contribution in [1.29, 1.82) is 0 Å². The normalized spacial score (nSPS) is 18.8. The number of rotatable bonds is 8. The number of hydrogen-bond donors (Lipinski definition) is 1. The molecule has 4 rings (SSSR count). The summed E-state index contributed by atoms with van der Waals surface area (Å²) in [7, 11) is 1.69. The van der Waals surface area contributed by atoms with E-state index in [2.05, 4.69) is 28.4 Å². The van der Waals surface area contributed by atoms with Crippen molar-refractivity contribution in [2.45, 2.75) is 71.0 Å². The topological polar surface area (TPSA) is 60.0 Å². The van der Waals surface area contributed by atoms with E-state index in [0.717, 1.165) is 55.3 Å². The first-order chi connectivity index (χ1) is 16.8. The van der Waals surface area contributed by atoms with Gasteiger partial charge in [-0.1, -0.05) is 6.07 Å². The number of ether oxygens (including phenoxy) is 3. The summed E-state index contributed by atoms with van der Waals surface area (Å²) in [5.41, 5.74) is 2.02. The van der Waals surface area contributed by atoms with Crippen LogP contribution >= 0.6 is 0 Å². The average Bonchev–Trinajstić information content (AvgIpc) is 3.35. The van der Waals surface area contributed by atoms with Crippen LogP contribution in [-0.4, -0.2) is 44.4 Å². The molecule has 0 aromatic heterocycles. The molecule has 1 N–H and O–H groups in total. The van der Waals surface area contributed by atoms with Gasteiger partial charge in [0.25, 0.3) is 0 Å². The number of esters is 1. The van der Waals surface area contributed by atoms with E-state index in [1.165, 1.54) is 25.7 Å². The molecule has 1 unspecified atom stereocenters. The summed E-state index contributed by atoms with van der Waals surface area (Å²) in [6.45, 7) is 8.58. The molecule has 0 spiro atoms. The van der Waals surface area contributed by atoms with Crippen LogP contribution in [0.4, 0.5) is 11.4 Å². The molecule has 0 bridgehead atoms. The molecule has 0 radical (unpaired) electrons. The number of benzene rings is 2. The molecule has 6 nitrogen and oxygen atoms in total. The van der Waals surface area contributed by atoms with Crippen molar-refractivity contribution >= 4 is 17.3 Å². The van der Waals surface area contributed by atoms with Crippen LogP contribution in [0.3, 0.4) is 0 Å². The van der Waals surface area contributed by atoms with Crippen LogP contribution < -0.4 is 19.7 Å². The molecule has 0 amide bonds. The van der Waals surface area contributed by atoms with Crippen LogP contribution in [0.1, 0.15) is 69.7 Å². The van der Waals surface area contributed by atoms with Crippen molar-refractivity contribution < 1.29 is 19.0 Å². The van der Waals surface area contributed by atoms with E-state index in [-0.39, 0.29) is 12.1 Å². The van der Waals surface area contributed by atoms with Crippen LogP contribution in [0.2, 0.25) is 0 Å². The molecule has 1 heterocycles. The molecule has 2 aliphatic rings. The molecule has 2 aromatic carbocycles. The molecular formula is C29H40N2O4. The number of hydrogen-bond acceptors (Lipinski definition) is 6. The van der Waals surface area contributed by atoms with Gasteiger partial charge in [-0.15, -0.1) is 0 Å².